The average molecular weight is 404 g/mol. The lowest BCUT2D eigenvalue weighted by Crippen LogP contribution is -2.18. The van der Waals surface area contributed by atoms with Crippen molar-refractivity contribution in [1.82, 2.24) is 19.6 Å². The Morgan fingerprint density at radius 3 is 2.83 bits per heavy atom. The molecule has 2 amide bonds. The number of rotatable bonds is 6. The molecule has 4 aromatic rings. The molecule has 4 N–H and O–H groups in total. The van der Waals surface area contributed by atoms with E-state index in [0.717, 1.165) is 16.9 Å². The largest absolute Gasteiger partial charge is 0.487 e. The monoisotopic (exact) mass is 404 g/mol. The number of benzene rings is 1. The van der Waals surface area contributed by atoms with E-state index >= 15 is 0 Å². The second-order valence-electron chi connectivity index (χ2n) is 6.91. The highest BCUT2D eigenvalue weighted by molar-refractivity contribution is 6.08. The first-order valence-corrected chi connectivity index (χ1v) is 9.24. The SMILES string of the molecule is Cc1ccc2nc(COc3cccc(C(=O)Nc4c(C(N)=O)n[nH]c4C)c3)cn2c1. The Balaban J connectivity index is 1.47. The number of nitrogens with two attached hydrogens (primary N) is 1. The molecule has 1 aromatic carbocycles. The van der Waals surface area contributed by atoms with Crippen molar-refractivity contribution >= 4 is 23.1 Å². The Morgan fingerprint density at radius 2 is 2.03 bits per heavy atom. The number of nitrogens with zero attached hydrogens (tertiary/aromatic N) is 3. The molecule has 0 radical (unpaired) electrons. The predicted molar refractivity (Wildman–Crippen MR) is 110 cm³/mol. The first-order valence-electron chi connectivity index (χ1n) is 9.24. The van der Waals surface area contributed by atoms with Crippen molar-refractivity contribution in [3.8, 4) is 5.75 Å². The number of carbonyl (C=O) groups is 2. The molecule has 0 atom stereocenters. The van der Waals surface area contributed by atoms with Crippen LogP contribution in [0, 0.1) is 13.8 Å². The fourth-order valence-corrected chi connectivity index (χ4v) is 3.06. The number of ether oxygens (including phenoxy) is 1. The number of aromatic nitrogens is 4. The Hall–Kier alpha value is -4.14. The molecule has 3 aromatic heterocycles. The number of nitrogens with one attached hydrogen (secondary N) is 2. The molecule has 152 valence electrons. The van der Waals surface area contributed by atoms with Crippen LogP contribution in [0.15, 0.2) is 48.8 Å². The molecule has 0 saturated carbocycles. The van der Waals surface area contributed by atoms with E-state index in [4.69, 9.17) is 10.5 Å². The highest BCUT2D eigenvalue weighted by Gasteiger charge is 2.18. The molecule has 0 saturated heterocycles. The van der Waals surface area contributed by atoms with Crippen LogP contribution < -0.4 is 15.8 Å². The van der Waals surface area contributed by atoms with Gasteiger partial charge in [0.15, 0.2) is 5.69 Å². The molecule has 3 heterocycles. The summed E-state index contributed by atoms with van der Waals surface area (Å²) in [7, 11) is 0. The van der Waals surface area contributed by atoms with E-state index < -0.39 is 11.8 Å². The maximum atomic E-state index is 12.6. The van der Waals surface area contributed by atoms with Gasteiger partial charge in [-0.15, -0.1) is 0 Å². The van der Waals surface area contributed by atoms with Crippen LogP contribution in [-0.4, -0.2) is 31.4 Å². The van der Waals surface area contributed by atoms with Crippen LogP contribution in [0.25, 0.3) is 5.65 Å². The second-order valence-corrected chi connectivity index (χ2v) is 6.91. The predicted octanol–water partition coefficient (Wildman–Crippen LogP) is 2.60. The third kappa shape index (κ3) is 3.86. The van der Waals surface area contributed by atoms with E-state index in [2.05, 4.69) is 20.5 Å². The topological polar surface area (TPSA) is 127 Å². The summed E-state index contributed by atoms with van der Waals surface area (Å²) in [5.74, 6) is -0.611. The maximum absolute atomic E-state index is 12.6. The number of aryl methyl sites for hydroxylation is 2. The van der Waals surface area contributed by atoms with Crippen LogP contribution in [-0.2, 0) is 6.61 Å². The molecule has 9 nitrogen and oxygen atoms in total. The van der Waals surface area contributed by atoms with Crippen molar-refractivity contribution in [2.24, 2.45) is 5.73 Å². The summed E-state index contributed by atoms with van der Waals surface area (Å²) < 4.78 is 7.76. The number of carbonyl (C=O) groups excluding carboxylic acids is 2. The van der Waals surface area contributed by atoms with Gasteiger partial charge >= 0.3 is 0 Å². The lowest BCUT2D eigenvalue weighted by atomic mass is 10.2. The Labute approximate surface area is 171 Å². The van der Waals surface area contributed by atoms with Gasteiger partial charge in [-0.25, -0.2) is 4.98 Å². The zero-order valence-corrected chi connectivity index (χ0v) is 16.5. The highest BCUT2D eigenvalue weighted by atomic mass is 16.5. The number of amides is 2. The van der Waals surface area contributed by atoms with Crippen LogP contribution in [0.2, 0.25) is 0 Å². The van der Waals surface area contributed by atoms with Gasteiger partial charge in [0, 0.05) is 18.0 Å². The molecule has 0 aliphatic carbocycles. The lowest BCUT2D eigenvalue weighted by Gasteiger charge is -2.08. The van der Waals surface area contributed by atoms with E-state index in [1.54, 1.807) is 31.2 Å². The molecule has 4 rings (SSSR count). The lowest BCUT2D eigenvalue weighted by molar-refractivity contribution is 0.0996. The Morgan fingerprint density at radius 1 is 1.20 bits per heavy atom. The van der Waals surface area contributed by atoms with Gasteiger partial charge in [-0.1, -0.05) is 12.1 Å². The third-order valence-corrected chi connectivity index (χ3v) is 4.55. The van der Waals surface area contributed by atoms with Gasteiger partial charge in [0.1, 0.15) is 18.0 Å². The minimum atomic E-state index is -0.727. The quantitative estimate of drug-likeness (QED) is 0.455. The Kier molecular flexibility index (Phi) is 4.93. The summed E-state index contributed by atoms with van der Waals surface area (Å²) in [5, 5.41) is 9.13. The number of hydrogen-bond donors (Lipinski definition) is 3. The first kappa shape index (κ1) is 19.2. The van der Waals surface area contributed by atoms with Crippen molar-refractivity contribution in [1.29, 1.82) is 0 Å². The molecule has 0 unspecified atom stereocenters. The van der Waals surface area contributed by atoms with Crippen LogP contribution in [0.5, 0.6) is 5.75 Å². The third-order valence-electron chi connectivity index (χ3n) is 4.55. The highest BCUT2D eigenvalue weighted by Crippen LogP contribution is 2.20. The van der Waals surface area contributed by atoms with Gasteiger partial charge in [0.25, 0.3) is 11.8 Å². The van der Waals surface area contributed by atoms with Gasteiger partial charge in [0.2, 0.25) is 0 Å². The fraction of sp³-hybridized carbons (Fsp3) is 0.143. The zero-order valence-electron chi connectivity index (χ0n) is 16.5. The smallest absolute Gasteiger partial charge is 0.271 e. The molecule has 0 bridgehead atoms. The van der Waals surface area contributed by atoms with Crippen molar-refractivity contribution in [2.45, 2.75) is 20.5 Å². The molecule has 0 aliphatic heterocycles. The van der Waals surface area contributed by atoms with Gasteiger partial charge < -0.3 is 20.2 Å². The average Bonchev–Trinajstić information content (AvgIpc) is 3.29. The van der Waals surface area contributed by atoms with Crippen molar-refractivity contribution < 1.29 is 14.3 Å². The standard InChI is InChI=1S/C21H20N6O3/c1-12-6-7-17-23-15(10-27(17)9-12)11-30-16-5-3-4-14(8-16)21(29)24-18-13(2)25-26-19(18)20(22)28/h3-10H,11H2,1-2H3,(H2,22,28)(H,24,29)(H,25,26). The summed E-state index contributed by atoms with van der Waals surface area (Å²) in [6.45, 7) is 3.97. The maximum Gasteiger partial charge on any atom is 0.271 e. The van der Waals surface area contributed by atoms with E-state index in [1.165, 1.54) is 0 Å². The molecule has 0 spiro atoms. The number of primary amides is 1. The summed E-state index contributed by atoms with van der Waals surface area (Å²) in [5.41, 5.74) is 9.20. The molecule has 0 aliphatic rings. The number of H-pyrrole nitrogens is 1. The minimum Gasteiger partial charge on any atom is -0.487 e. The van der Waals surface area contributed by atoms with Gasteiger partial charge in [0.05, 0.1) is 17.1 Å². The van der Waals surface area contributed by atoms with Crippen molar-refractivity contribution in [3.05, 3.63) is 77.0 Å². The number of hydrogen-bond acceptors (Lipinski definition) is 5. The number of aromatic amines is 1. The van der Waals surface area contributed by atoms with Crippen LogP contribution in [0.4, 0.5) is 5.69 Å². The van der Waals surface area contributed by atoms with Gasteiger partial charge in [-0.05, 0) is 43.7 Å². The zero-order chi connectivity index (χ0) is 21.3. The number of anilines is 1. The number of fused-ring (bicyclic) bond motifs is 1. The molecule has 30 heavy (non-hydrogen) atoms. The number of imidazole rings is 1. The molecule has 9 heteroatoms. The summed E-state index contributed by atoms with van der Waals surface area (Å²) in [6.07, 6.45) is 3.90. The summed E-state index contributed by atoms with van der Waals surface area (Å²) in [4.78, 5) is 28.6. The van der Waals surface area contributed by atoms with E-state index in [9.17, 15) is 9.59 Å². The van der Waals surface area contributed by atoms with E-state index in [0.29, 0.717) is 17.0 Å². The van der Waals surface area contributed by atoms with Crippen LogP contribution in [0.3, 0.4) is 0 Å². The van der Waals surface area contributed by atoms with Gasteiger partial charge in [-0.2, -0.15) is 5.10 Å². The molecular formula is C21H20N6O3. The summed E-state index contributed by atoms with van der Waals surface area (Å²) >= 11 is 0. The van der Waals surface area contributed by atoms with Crippen molar-refractivity contribution in [2.75, 3.05) is 5.32 Å². The van der Waals surface area contributed by atoms with E-state index in [1.807, 2.05) is 35.9 Å². The van der Waals surface area contributed by atoms with Crippen molar-refractivity contribution in [3.63, 3.8) is 0 Å². The first-order chi connectivity index (χ1) is 14.4. The fourth-order valence-electron chi connectivity index (χ4n) is 3.06. The van der Waals surface area contributed by atoms with E-state index in [-0.39, 0.29) is 18.0 Å². The molecule has 0 fully saturated rings. The van der Waals surface area contributed by atoms with Crippen LogP contribution >= 0.6 is 0 Å². The van der Waals surface area contributed by atoms with Gasteiger partial charge in [-0.3, -0.25) is 14.7 Å². The van der Waals surface area contributed by atoms with Crippen LogP contribution in [0.1, 0.15) is 37.8 Å². The number of pyridine rings is 1. The normalized spacial score (nSPS) is 10.9. The minimum absolute atomic E-state index is 0.0182. The summed E-state index contributed by atoms with van der Waals surface area (Å²) in [6, 6.07) is 10.7. The second kappa shape index (κ2) is 7.70. The Bertz CT molecular complexity index is 1260. The molecular weight excluding hydrogens is 384 g/mol.